The van der Waals surface area contributed by atoms with Gasteiger partial charge in [0.1, 0.15) is 30.5 Å². The number of aliphatic hydroxyl groups excluding tert-OH is 4. The highest BCUT2D eigenvalue weighted by atomic mass is 79.9. The van der Waals surface area contributed by atoms with E-state index in [-0.39, 0.29) is 5.41 Å². The van der Waals surface area contributed by atoms with Crippen LogP contribution >= 0.6 is 31.9 Å². The van der Waals surface area contributed by atoms with Crippen LogP contribution in [-0.2, 0) is 14.9 Å². The van der Waals surface area contributed by atoms with Crippen molar-refractivity contribution in [2.24, 2.45) is 0 Å². The van der Waals surface area contributed by atoms with Crippen LogP contribution in [0.2, 0.25) is 0 Å². The molecule has 3 aliphatic rings. The van der Waals surface area contributed by atoms with Crippen LogP contribution in [0.4, 0.5) is 0 Å². The predicted molar refractivity (Wildman–Crippen MR) is 131 cm³/mol. The highest BCUT2D eigenvalue weighted by Crippen LogP contribution is 2.54. The minimum atomic E-state index is -1.38. The molecule has 0 radical (unpaired) electrons. The fourth-order valence-corrected chi connectivity index (χ4v) is 5.66. The summed E-state index contributed by atoms with van der Waals surface area (Å²) in [5.74, 6) is 2.11. The summed E-state index contributed by atoms with van der Waals surface area (Å²) in [5.41, 5.74) is 5.83. The van der Waals surface area contributed by atoms with Gasteiger partial charge in [-0.15, -0.1) is 6.42 Å². The van der Waals surface area contributed by atoms with Crippen molar-refractivity contribution in [1.82, 2.24) is 0 Å². The van der Waals surface area contributed by atoms with E-state index in [1.807, 2.05) is 0 Å². The third-order valence-corrected chi connectivity index (χ3v) is 7.67. The summed E-state index contributed by atoms with van der Waals surface area (Å²) in [6, 6.07) is 13.4. The van der Waals surface area contributed by atoms with Gasteiger partial charge in [-0.2, -0.15) is 0 Å². The first-order valence-corrected chi connectivity index (χ1v) is 12.4. The van der Waals surface area contributed by atoms with Crippen LogP contribution in [0, 0.1) is 12.3 Å². The fraction of sp³-hybridized carbons (Fsp3) is 0.440. The number of hydrogen-bond acceptors (Lipinski definition) is 6. The molecule has 8 heteroatoms. The molecule has 0 saturated carbocycles. The summed E-state index contributed by atoms with van der Waals surface area (Å²) in [5, 5.41) is 36.5. The third kappa shape index (κ3) is 4.54. The quantitative estimate of drug-likeness (QED) is 0.387. The Kier molecular flexibility index (Phi) is 7.63. The van der Waals surface area contributed by atoms with Gasteiger partial charge in [-0.25, -0.2) is 0 Å². The van der Waals surface area contributed by atoms with E-state index in [1.165, 1.54) is 22.3 Å². The molecule has 5 atom stereocenters. The van der Waals surface area contributed by atoms with Gasteiger partial charge in [-0.1, -0.05) is 49.9 Å². The Balaban J connectivity index is 0.000000174. The van der Waals surface area contributed by atoms with E-state index in [1.54, 1.807) is 0 Å². The predicted octanol–water partition coefficient (Wildman–Crippen LogP) is 2.75. The van der Waals surface area contributed by atoms with Crippen molar-refractivity contribution in [1.29, 1.82) is 0 Å². The Morgan fingerprint density at radius 2 is 1.45 bits per heavy atom. The molecule has 0 unspecified atom stereocenters. The first-order valence-electron chi connectivity index (χ1n) is 10.8. The molecular formula is C25H26Br2O6. The maximum absolute atomic E-state index is 9.26. The topological polar surface area (TPSA) is 99.4 Å². The molecule has 5 rings (SSSR count). The molecule has 6 nitrogen and oxygen atoms in total. The van der Waals surface area contributed by atoms with Crippen molar-refractivity contribution in [2.75, 3.05) is 19.8 Å². The van der Waals surface area contributed by atoms with Gasteiger partial charge in [0.2, 0.25) is 0 Å². The van der Waals surface area contributed by atoms with Crippen LogP contribution in [0.5, 0.6) is 0 Å². The highest BCUT2D eigenvalue weighted by molar-refractivity contribution is 9.10. The van der Waals surface area contributed by atoms with Crippen LogP contribution in [0.15, 0.2) is 45.3 Å². The molecule has 0 bridgehead atoms. The molecule has 176 valence electrons. The maximum atomic E-state index is 9.26. The number of rotatable bonds is 1. The molecule has 1 spiro atoms. The average molecular weight is 582 g/mol. The number of aliphatic hydroxyl groups is 4. The number of hydrogen-bond donors (Lipinski definition) is 4. The number of fused-ring (bicyclic) bond motifs is 5. The minimum Gasteiger partial charge on any atom is -0.394 e. The molecule has 0 aromatic heterocycles. The lowest BCUT2D eigenvalue weighted by molar-refractivity contribution is -0.214. The van der Waals surface area contributed by atoms with E-state index in [0.717, 1.165) is 35.0 Å². The molecule has 2 aliphatic heterocycles. The minimum absolute atomic E-state index is 0.135. The zero-order valence-corrected chi connectivity index (χ0v) is 21.0. The second-order valence-corrected chi connectivity index (χ2v) is 10.3. The molecule has 4 N–H and O–H groups in total. The SMILES string of the molecule is Brc1ccc2c(c1)C1(CCOCC1)c1cc(Br)ccc1-2.C#C[C@H]1O[C@H](CO)[C@@H](O)[C@H](O)[C@@H]1O. The van der Waals surface area contributed by atoms with Crippen molar-refractivity contribution >= 4 is 31.9 Å². The van der Waals surface area contributed by atoms with Crippen LogP contribution < -0.4 is 0 Å². The number of benzene rings is 2. The van der Waals surface area contributed by atoms with Gasteiger partial charge in [0.25, 0.3) is 0 Å². The number of ether oxygens (including phenoxy) is 2. The maximum Gasteiger partial charge on any atom is 0.146 e. The first-order chi connectivity index (χ1) is 15.8. The normalized spacial score (nSPS) is 29.4. The summed E-state index contributed by atoms with van der Waals surface area (Å²) in [6.07, 6.45) is 1.20. The fourth-order valence-electron chi connectivity index (χ4n) is 4.94. The van der Waals surface area contributed by atoms with E-state index in [4.69, 9.17) is 21.0 Å². The van der Waals surface area contributed by atoms with Gasteiger partial charge in [-0.3, -0.25) is 0 Å². The number of terminal acetylenes is 1. The van der Waals surface area contributed by atoms with Crippen molar-refractivity contribution < 1.29 is 29.9 Å². The van der Waals surface area contributed by atoms with E-state index in [2.05, 4.69) is 74.2 Å². The number of halogens is 2. The van der Waals surface area contributed by atoms with Gasteiger partial charge in [0.05, 0.1) is 6.61 Å². The van der Waals surface area contributed by atoms with Crippen molar-refractivity contribution in [2.45, 2.75) is 48.8 Å². The van der Waals surface area contributed by atoms with Gasteiger partial charge in [-0.05, 0) is 59.4 Å². The molecule has 33 heavy (non-hydrogen) atoms. The summed E-state index contributed by atoms with van der Waals surface area (Å²) in [7, 11) is 0. The zero-order valence-electron chi connectivity index (χ0n) is 17.8. The standard InChI is InChI=1S/C17H14Br2O.C8H12O5/c18-11-1-3-13-14-4-2-12(19)10-16(14)17(15(13)9-11)5-7-20-8-6-17;1-2-4-6(10)8(12)7(11)5(3-9)13-4/h1-4,9-10H,5-8H2;1,4-12H,3H2/t;4-,5-,6-,7-,8-/m.1/s1. The zero-order chi connectivity index (χ0) is 23.8. The smallest absolute Gasteiger partial charge is 0.146 e. The summed E-state index contributed by atoms with van der Waals surface area (Å²) >= 11 is 7.27. The van der Waals surface area contributed by atoms with Crippen molar-refractivity contribution in [3.8, 4) is 23.5 Å². The van der Waals surface area contributed by atoms with Crippen LogP contribution in [0.1, 0.15) is 24.0 Å². The summed E-state index contributed by atoms with van der Waals surface area (Å²) in [4.78, 5) is 0. The van der Waals surface area contributed by atoms with E-state index in [0.29, 0.717) is 0 Å². The molecule has 2 aromatic carbocycles. The van der Waals surface area contributed by atoms with Crippen molar-refractivity contribution in [3.05, 3.63) is 56.5 Å². The van der Waals surface area contributed by atoms with Gasteiger partial charge >= 0.3 is 0 Å². The Morgan fingerprint density at radius 3 is 1.94 bits per heavy atom. The Bertz CT molecular complexity index is 990. The Labute approximate surface area is 209 Å². The largest absolute Gasteiger partial charge is 0.394 e. The Hall–Kier alpha value is -1.28. The van der Waals surface area contributed by atoms with E-state index < -0.39 is 37.1 Å². The molecular weight excluding hydrogens is 556 g/mol. The summed E-state index contributed by atoms with van der Waals surface area (Å²) in [6.45, 7) is 1.24. The van der Waals surface area contributed by atoms with E-state index >= 15 is 0 Å². The second kappa shape index (κ2) is 10.1. The van der Waals surface area contributed by atoms with Gasteiger partial charge in [0, 0.05) is 27.6 Å². The molecule has 2 fully saturated rings. The van der Waals surface area contributed by atoms with Crippen LogP contribution in [0.3, 0.4) is 0 Å². The molecule has 2 aromatic rings. The summed E-state index contributed by atoms with van der Waals surface area (Å²) < 4.78 is 12.9. The van der Waals surface area contributed by atoms with E-state index in [9.17, 15) is 15.3 Å². The van der Waals surface area contributed by atoms with Crippen molar-refractivity contribution in [3.63, 3.8) is 0 Å². The molecule has 2 heterocycles. The average Bonchev–Trinajstić information content (AvgIpc) is 3.07. The lowest BCUT2D eigenvalue weighted by Gasteiger charge is -2.37. The lowest BCUT2D eigenvalue weighted by Crippen LogP contribution is -2.58. The monoisotopic (exact) mass is 580 g/mol. The van der Waals surface area contributed by atoms with Gasteiger partial charge in [0.15, 0.2) is 0 Å². The lowest BCUT2D eigenvalue weighted by atomic mass is 9.72. The van der Waals surface area contributed by atoms with Crippen LogP contribution in [-0.4, -0.2) is 70.8 Å². The third-order valence-electron chi connectivity index (χ3n) is 6.69. The molecule has 2 saturated heterocycles. The Morgan fingerprint density at radius 1 is 0.909 bits per heavy atom. The van der Waals surface area contributed by atoms with Gasteiger partial charge < -0.3 is 29.9 Å². The highest BCUT2D eigenvalue weighted by Gasteiger charge is 2.44. The molecule has 0 amide bonds. The molecule has 1 aliphatic carbocycles. The second-order valence-electron chi connectivity index (χ2n) is 8.49. The first kappa shape index (κ1) is 24.8. The van der Waals surface area contributed by atoms with Crippen LogP contribution in [0.25, 0.3) is 11.1 Å².